The van der Waals surface area contributed by atoms with Gasteiger partial charge in [0.25, 0.3) is 5.91 Å². The first-order valence-electron chi connectivity index (χ1n) is 8.64. The van der Waals surface area contributed by atoms with Gasteiger partial charge in [0.05, 0.1) is 4.58 Å². The van der Waals surface area contributed by atoms with E-state index in [1.54, 1.807) is 0 Å². The van der Waals surface area contributed by atoms with Gasteiger partial charge in [0.2, 0.25) is 0 Å². The molecule has 1 amide bonds. The molecule has 0 spiro atoms. The minimum Gasteiger partial charge on any atom is -0.484 e. The highest BCUT2D eigenvalue weighted by atomic mass is 32.2. The number of ether oxygens (including phenoxy) is 1. The number of piperidine rings is 1. The highest BCUT2D eigenvalue weighted by Crippen LogP contribution is 2.43. The summed E-state index contributed by atoms with van der Waals surface area (Å²) in [7, 11) is 2.12. The lowest BCUT2D eigenvalue weighted by Crippen LogP contribution is -2.44. The van der Waals surface area contributed by atoms with Gasteiger partial charge in [-0.3, -0.25) is 4.79 Å². The average Bonchev–Trinajstić information content (AvgIpc) is 2.63. The van der Waals surface area contributed by atoms with Gasteiger partial charge in [-0.2, -0.15) is 0 Å². The number of benzene rings is 1. The number of carbonyl (C=O) groups excluding carboxylic acids is 1. The number of nitrogens with zero attached hydrogens (tertiary/aromatic N) is 1. The minimum atomic E-state index is -0.0213. The van der Waals surface area contributed by atoms with Crippen LogP contribution in [0.1, 0.15) is 29.4 Å². The molecular formula is C18H26N2O2S2. The zero-order valence-corrected chi connectivity index (χ0v) is 15.8. The van der Waals surface area contributed by atoms with E-state index in [2.05, 4.69) is 29.4 Å². The summed E-state index contributed by atoms with van der Waals surface area (Å²) in [6.45, 7) is 2.19. The SMILES string of the molecule is CN1CCC(NC(=O)COc2ccc(C3SCCCS3)cc2)CC1. The molecule has 0 unspecified atom stereocenters. The number of nitrogens with one attached hydrogen (secondary N) is 1. The van der Waals surface area contributed by atoms with Crippen LogP contribution in [-0.2, 0) is 4.79 Å². The predicted molar refractivity (Wildman–Crippen MR) is 103 cm³/mol. The first kappa shape index (κ1) is 18.0. The van der Waals surface area contributed by atoms with Crippen LogP contribution in [0.3, 0.4) is 0 Å². The molecule has 2 heterocycles. The Labute approximate surface area is 153 Å². The largest absolute Gasteiger partial charge is 0.484 e. The molecule has 132 valence electrons. The Morgan fingerprint density at radius 2 is 1.88 bits per heavy atom. The van der Waals surface area contributed by atoms with Crippen molar-refractivity contribution in [3.63, 3.8) is 0 Å². The molecule has 2 aliphatic rings. The fourth-order valence-electron chi connectivity index (χ4n) is 2.97. The smallest absolute Gasteiger partial charge is 0.258 e. The van der Waals surface area contributed by atoms with Crippen LogP contribution >= 0.6 is 23.5 Å². The van der Waals surface area contributed by atoms with Crippen molar-refractivity contribution >= 4 is 29.4 Å². The van der Waals surface area contributed by atoms with E-state index in [4.69, 9.17) is 4.74 Å². The molecule has 0 bridgehead atoms. The van der Waals surface area contributed by atoms with Gasteiger partial charge in [-0.1, -0.05) is 12.1 Å². The van der Waals surface area contributed by atoms with Crippen molar-refractivity contribution in [1.82, 2.24) is 10.2 Å². The van der Waals surface area contributed by atoms with Crippen LogP contribution < -0.4 is 10.1 Å². The van der Waals surface area contributed by atoms with Crippen molar-refractivity contribution in [1.29, 1.82) is 0 Å². The van der Waals surface area contributed by atoms with Crippen molar-refractivity contribution in [2.24, 2.45) is 0 Å². The summed E-state index contributed by atoms with van der Waals surface area (Å²) in [5.41, 5.74) is 1.34. The van der Waals surface area contributed by atoms with E-state index in [1.165, 1.54) is 23.5 Å². The maximum atomic E-state index is 12.0. The van der Waals surface area contributed by atoms with Gasteiger partial charge in [-0.25, -0.2) is 0 Å². The molecule has 0 aliphatic carbocycles. The Morgan fingerprint density at radius 3 is 2.54 bits per heavy atom. The lowest BCUT2D eigenvalue weighted by molar-refractivity contribution is -0.124. The van der Waals surface area contributed by atoms with Gasteiger partial charge >= 0.3 is 0 Å². The zero-order chi connectivity index (χ0) is 16.8. The van der Waals surface area contributed by atoms with Gasteiger partial charge < -0.3 is 15.0 Å². The van der Waals surface area contributed by atoms with E-state index < -0.39 is 0 Å². The molecule has 3 rings (SSSR count). The van der Waals surface area contributed by atoms with E-state index >= 15 is 0 Å². The minimum absolute atomic E-state index is 0.0213. The van der Waals surface area contributed by atoms with E-state index in [-0.39, 0.29) is 12.5 Å². The number of hydrogen-bond acceptors (Lipinski definition) is 5. The third-order valence-electron chi connectivity index (χ3n) is 4.43. The van der Waals surface area contributed by atoms with Crippen LogP contribution in [0.15, 0.2) is 24.3 Å². The van der Waals surface area contributed by atoms with Crippen molar-refractivity contribution in [3.8, 4) is 5.75 Å². The van der Waals surface area contributed by atoms with Crippen LogP contribution in [-0.4, -0.2) is 55.1 Å². The van der Waals surface area contributed by atoms with Crippen molar-refractivity contribution in [3.05, 3.63) is 29.8 Å². The second kappa shape index (κ2) is 9.02. The Bertz CT molecular complexity index is 524. The molecule has 1 aromatic rings. The average molecular weight is 367 g/mol. The number of amides is 1. The number of thioether (sulfide) groups is 2. The molecule has 1 N–H and O–H groups in total. The van der Waals surface area contributed by atoms with Gasteiger partial charge in [-0.15, -0.1) is 23.5 Å². The van der Waals surface area contributed by atoms with E-state index in [0.717, 1.165) is 31.7 Å². The van der Waals surface area contributed by atoms with Crippen LogP contribution in [0.2, 0.25) is 0 Å². The Balaban J connectivity index is 1.41. The molecule has 2 saturated heterocycles. The second-order valence-electron chi connectivity index (χ2n) is 6.43. The summed E-state index contributed by atoms with van der Waals surface area (Å²) >= 11 is 4.03. The van der Waals surface area contributed by atoms with E-state index in [0.29, 0.717) is 10.6 Å². The summed E-state index contributed by atoms with van der Waals surface area (Å²) in [6.07, 6.45) is 3.35. The summed E-state index contributed by atoms with van der Waals surface area (Å²) < 4.78 is 6.18. The molecule has 0 saturated carbocycles. The van der Waals surface area contributed by atoms with Crippen molar-refractivity contribution in [2.45, 2.75) is 29.9 Å². The molecule has 4 nitrogen and oxygen atoms in total. The topological polar surface area (TPSA) is 41.6 Å². The molecule has 24 heavy (non-hydrogen) atoms. The second-order valence-corrected chi connectivity index (χ2v) is 9.15. The highest BCUT2D eigenvalue weighted by molar-refractivity contribution is 8.16. The first-order valence-corrected chi connectivity index (χ1v) is 10.7. The molecule has 6 heteroatoms. The van der Waals surface area contributed by atoms with Crippen molar-refractivity contribution in [2.75, 3.05) is 38.2 Å². The number of likely N-dealkylation sites (tertiary alicyclic amines) is 1. The molecule has 1 aromatic carbocycles. The number of rotatable bonds is 5. The van der Waals surface area contributed by atoms with Gasteiger partial charge in [-0.05, 0) is 68.6 Å². The summed E-state index contributed by atoms with van der Waals surface area (Å²) in [5, 5.41) is 3.08. The Kier molecular flexibility index (Phi) is 6.75. The third kappa shape index (κ3) is 5.33. The lowest BCUT2D eigenvalue weighted by Gasteiger charge is -2.29. The number of carbonyl (C=O) groups is 1. The van der Waals surface area contributed by atoms with Gasteiger partial charge in [0, 0.05) is 6.04 Å². The van der Waals surface area contributed by atoms with E-state index in [9.17, 15) is 4.79 Å². The molecule has 0 atom stereocenters. The molecule has 2 fully saturated rings. The summed E-state index contributed by atoms with van der Waals surface area (Å²) in [5.74, 6) is 3.23. The van der Waals surface area contributed by atoms with Crippen LogP contribution in [0.25, 0.3) is 0 Å². The summed E-state index contributed by atoms with van der Waals surface area (Å²) in [4.78, 5) is 14.3. The zero-order valence-electron chi connectivity index (χ0n) is 14.2. The summed E-state index contributed by atoms with van der Waals surface area (Å²) in [6, 6.07) is 8.50. The Hall–Kier alpha value is -0.850. The van der Waals surface area contributed by atoms with Crippen LogP contribution in [0.5, 0.6) is 5.75 Å². The maximum Gasteiger partial charge on any atom is 0.258 e. The Morgan fingerprint density at radius 1 is 1.21 bits per heavy atom. The monoisotopic (exact) mass is 366 g/mol. The van der Waals surface area contributed by atoms with Crippen LogP contribution in [0, 0.1) is 0 Å². The molecular weight excluding hydrogens is 340 g/mol. The fourth-order valence-corrected chi connectivity index (χ4v) is 5.87. The van der Waals surface area contributed by atoms with E-state index in [1.807, 2.05) is 35.7 Å². The van der Waals surface area contributed by atoms with Gasteiger partial charge in [0.1, 0.15) is 5.75 Å². The number of hydrogen-bond donors (Lipinski definition) is 1. The molecule has 2 aliphatic heterocycles. The standard InChI is InChI=1S/C18H26N2O2S2/c1-20-9-7-15(8-10-20)19-17(21)13-22-16-5-3-14(4-6-16)18-23-11-2-12-24-18/h3-6,15,18H,2,7-13H2,1H3,(H,19,21). The predicted octanol–water partition coefficient (Wildman–Crippen LogP) is 3.14. The first-order chi connectivity index (χ1) is 11.7. The maximum absolute atomic E-state index is 12.0. The van der Waals surface area contributed by atoms with Crippen molar-refractivity contribution < 1.29 is 9.53 Å². The molecule has 0 radical (unpaired) electrons. The van der Waals surface area contributed by atoms with Crippen LogP contribution in [0.4, 0.5) is 0 Å². The quantitative estimate of drug-likeness (QED) is 0.867. The molecule has 0 aromatic heterocycles. The normalized spacial score (nSPS) is 20.7. The fraction of sp³-hybridized carbons (Fsp3) is 0.611. The highest BCUT2D eigenvalue weighted by Gasteiger charge is 2.19. The lowest BCUT2D eigenvalue weighted by atomic mass is 10.1. The third-order valence-corrected chi connectivity index (χ3v) is 7.45. The van der Waals surface area contributed by atoms with Gasteiger partial charge in [0.15, 0.2) is 6.61 Å².